The molecule has 0 saturated heterocycles. The van der Waals surface area contributed by atoms with Crippen LogP contribution in [0.25, 0.3) is 17.2 Å². The van der Waals surface area contributed by atoms with Crippen molar-refractivity contribution in [2.45, 2.75) is 0 Å². The van der Waals surface area contributed by atoms with E-state index in [1.165, 1.54) is 18.5 Å². The maximum Gasteiger partial charge on any atom is 0.254 e. The molecule has 0 saturated carbocycles. The molecule has 1 amide bonds. The van der Waals surface area contributed by atoms with Gasteiger partial charge in [-0.1, -0.05) is 0 Å². The molecule has 4 heterocycles. The summed E-state index contributed by atoms with van der Waals surface area (Å²) in [4.78, 5) is 30.5. The Bertz CT molecular complexity index is 1140. The van der Waals surface area contributed by atoms with Crippen LogP contribution in [-0.4, -0.2) is 37.3 Å². The van der Waals surface area contributed by atoms with Gasteiger partial charge in [0.25, 0.3) is 5.91 Å². The molecule has 0 aliphatic rings. The first-order valence-corrected chi connectivity index (χ1v) is 7.98. The zero-order chi connectivity index (χ0) is 19.0. The molecule has 0 unspecified atom stereocenters. The molecule has 2 N–H and O–H groups in total. The molecule has 0 aliphatic heterocycles. The fourth-order valence-electron chi connectivity index (χ4n) is 2.72. The van der Waals surface area contributed by atoms with Crippen LogP contribution in [0.4, 0.5) is 15.9 Å². The van der Waals surface area contributed by atoms with Crippen LogP contribution in [0.5, 0.6) is 0 Å². The number of pyridine rings is 2. The van der Waals surface area contributed by atoms with Gasteiger partial charge in [-0.3, -0.25) is 14.2 Å². The fourth-order valence-corrected chi connectivity index (χ4v) is 2.72. The number of primary amides is 1. The second-order valence-electron chi connectivity index (χ2n) is 5.78. The van der Waals surface area contributed by atoms with Crippen molar-refractivity contribution in [1.29, 1.82) is 0 Å². The zero-order valence-electron chi connectivity index (χ0n) is 14.2. The van der Waals surface area contributed by atoms with E-state index in [0.717, 1.165) is 0 Å². The Labute approximate surface area is 153 Å². The summed E-state index contributed by atoms with van der Waals surface area (Å²) in [6.07, 6.45) is 7.47. The first-order valence-electron chi connectivity index (χ1n) is 7.98. The van der Waals surface area contributed by atoms with Gasteiger partial charge < -0.3 is 10.6 Å². The number of aromatic nitrogens is 5. The van der Waals surface area contributed by atoms with Crippen LogP contribution < -0.4 is 10.6 Å². The Hall–Kier alpha value is -3.88. The molecular formula is C18H14FN7O. The van der Waals surface area contributed by atoms with E-state index in [2.05, 4.69) is 19.9 Å². The quantitative estimate of drug-likeness (QED) is 0.596. The van der Waals surface area contributed by atoms with Crippen LogP contribution in [0.3, 0.4) is 0 Å². The van der Waals surface area contributed by atoms with Gasteiger partial charge in [0.15, 0.2) is 5.82 Å². The number of fused-ring (bicyclic) bond motifs is 1. The largest absolute Gasteiger partial charge is 0.365 e. The Morgan fingerprint density at radius 3 is 2.78 bits per heavy atom. The predicted octanol–water partition coefficient (Wildman–Crippen LogP) is 2.19. The first kappa shape index (κ1) is 16.6. The molecule has 4 rings (SSSR count). The van der Waals surface area contributed by atoms with Crippen molar-refractivity contribution in [2.24, 2.45) is 5.73 Å². The lowest BCUT2D eigenvalue weighted by molar-refractivity contribution is 0.1000. The van der Waals surface area contributed by atoms with Crippen LogP contribution >= 0.6 is 0 Å². The molecule has 4 aromatic heterocycles. The first-order chi connectivity index (χ1) is 13.0. The van der Waals surface area contributed by atoms with E-state index in [0.29, 0.717) is 22.8 Å². The highest BCUT2D eigenvalue weighted by atomic mass is 19.1. The van der Waals surface area contributed by atoms with Crippen molar-refractivity contribution in [3.63, 3.8) is 0 Å². The smallest absolute Gasteiger partial charge is 0.254 e. The molecule has 0 radical (unpaired) electrons. The van der Waals surface area contributed by atoms with Gasteiger partial charge >= 0.3 is 0 Å². The van der Waals surface area contributed by atoms with Crippen LogP contribution in [0, 0.1) is 5.82 Å². The fraction of sp³-hybridized carbons (Fsp3) is 0.0556. The van der Waals surface area contributed by atoms with Crippen LogP contribution in [0.2, 0.25) is 0 Å². The summed E-state index contributed by atoms with van der Waals surface area (Å²) in [6.45, 7) is 0. The molecule has 8 nitrogen and oxygen atoms in total. The summed E-state index contributed by atoms with van der Waals surface area (Å²) in [6, 6.07) is 6.47. The lowest BCUT2D eigenvalue weighted by Crippen LogP contribution is -2.21. The topological polar surface area (TPSA) is 102 Å². The number of imidazole rings is 1. The van der Waals surface area contributed by atoms with E-state index >= 15 is 0 Å². The van der Waals surface area contributed by atoms with Crippen molar-refractivity contribution >= 4 is 23.1 Å². The SMILES string of the molecule is CN(c1cccnc1)c1nc(-c2cnc3ccc(F)cn23)ncc1C(N)=O. The number of rotatable bonds is 4. The van der Waals surface area contributed by atoms with Crippen molar-refractivity contribution in [1.82, 2.24) is 24.3 Å². The number of amides is 1. The van der Waals surface area contributed by atoms with Gasteiger partial charge in [0.2, 0.25) is 0 Å². The Morgan fingerprint density at radius 1 is 1.19 bits per heavy atom. The van der Waals surface area contributed by atoms with Crippen LogP contribution in [-0.2, 0) is 0 Å². The van der Waals surface area contributed by atoms with Crippen molar-refractivity contribution in [3.05, 3.63) is 66.6 Å². The number of carbonyl (C=O) groups is 1. The highest BCUT2D eigenvalue weighted by Crippen LogP contribution is 2.27. The zero-order valence-corrected chi connectivity index (χ0v) is 14.2. The van der Waals surface area contributed by atoms with E-state index < -0.39 is 11.7 Å². The van der Waals surface area contributed by atoms with E-state index in [1.807, 2.05) is 6.07 Å². The summed E-state index contributed by atoms with van der Waals surface area (Å²) in [7, 11) is 1.74. The lowest BCUT2D eigenvalue weighted by atomic mass is 10.2. The molecule has 0 spiro atoms. The monoisotopic (exact) mass is 363 g/mol. The number of nitrogens with zero attached hydrogens (tertiary/aromatic N) is 6. The lowest BCUT2D eigenvalue weighted by Gasteiger charge is -2.20. The molecule has 0 aliphatic carbocycles. The molecule has 27 heavy (non-hydrogen) atoms. The Kier molecular flexibility index (Phi) is 3.96. The van der Waals surface area contributed by atoms with Crippen molar-refractivity contribution < 1.29 is 9.18 Å². The van der Waals surface area contributed by atoms with E-state index in [-0.39, 0.29) is 11.4 Å². The second-order valence-corrected chi connectivity index (χ2v) is 5.78. The predicted molar refractivity (Wildman–Crippen MR) is 97.0 cm³/mol. The minimum atomic E-state index is -0.656. The summed E-state index contributed by atoms with van der Waals surface area (Å²) in [5.41, 5.74) is 7.39. The Morgan fingerprint density at radius 2 is 2.04 bits per heavy atom. The number of carbonyl (C=O) groups excluding carboxylic acids is 1. The molecule has 0 aromatic carbocycles. The summed E-state index contributed by atoms with van der Waals surface area (Å²) < 4.78 is 15.2. The number of hydrogen-bond acceptors (Lipinski definition) is 6. The van der Waals surface area contributed by atoms with Crippen LogP contribution in [0.15, 0.2) is 55.2 Å². The molecule has 4 aromatic rings. The molecule has 0 fully saturated rings. The van der Waals surface area contributed by atoms with Gasteiger partial charge in [0.05, 0.1) is 18.1 Å². The van der Waals surface area contributed by atoms with Gasteiger partial charge in [-0.2, -0.15) is 0 Å². The van der Waals surface area contributed by atoms with Gasteiger partial charge in [-0.15, -0.1) is 0 Å². The van der Waals surface area contributed by atoms with Crippen molar-refractivity contribution in [3.8, 4) is 11.5 Å². The third-order valence-corrected chi connectivity index (χ3v) is 4.08. The molecule has 134 valence electrons. The second kappa shape index (κ2) is 6.45. The van der Waals surface area contributed by atoms with Gasteiger partial charge in [0, 0.05) is 25.6 Å². The standard InChI is InChI=1S/C18H14FN7O/c1-25(12-3-2-6-21-7-12)18-13(16(20)27)8-23-17(24-18)14-9-22-15-5-4-11(19)10-26(14)15/h2-10H,1H3,(H2,20,27). The third kappa shape index (κ3) is 2.95. The normalized spacial score (nSPS) is 10.9. The molecule has 9 heteroatoms. The van der Waals surface area contributed by atoms with E-state index in [4.69, 9.17) is 5.73 Å². The number of anilines is 2. The number of halogens is 1. The molecular weight excluding hydrogens is 349 g/mol. The number of nitrogens with two attached hydrogens (primary N) is 1. The highest BCUT2D eigenvalue weighted by molar-refractivity contribution is 5.98. The van der Waals surface area contributed by atoms with E-state index in [1.54, 1.807) is 47.1 Å². The summed E-state index contributed by atoms with van der Waals surface area (Å²) in [5, 5.41) is 0. The average molecular weight is 363 g/mol. The maximum atomic E-state index is 13.6. The van der Waals surface area contributed by atoms with Crippen LogP contribution in [0.1, 0.15) is 10.4 Å². The Balaban J connectivity index is 1.88. The number of hydrogen-bond donors (Lipinski definition) is 1. The van der Waals surface area contributed by atoms with Crippen molar-refractivity contribution in [2.75, 3.05) is 11.9 Å². The molecule has 0 bridgehead atoms. The summed E-state index contributed by atoms with van der Waals surface area (Å²) >= 11 is 0. The van der Waals surface area contributed by atoms with Gasteiger partial charge in [-0.05, 0) is 24.3 Å². The van der Waals surface area contributed by atoms with Gasteiger partial charge in [0.1, 0.15) is 28.5 Å². The van der Waals surface area contributed by atoms with Gasteiger partial charge in [-0.25, -0.2) is 19.3 Å². The average Bonchev–Trinajstić information content (AvgIpc) is 3.10. The highest BCUT2D eigenvalue weighted by Gasteiger charge is 2.19. The maximum absolute atomic E-state index is 13.6. The van der Waals surface area contributed by atoms with E-state index in [9.17, 15) is 9.18 Å². The molecule has 0 atom stereocenters. The third-order valence-electron chi connectivity index (χ3n) is 4.08. The minimum absolute atomic E-state index is 0.158. The minimum Gasteiger partial charge on any atom is -0.365 e. The summed E-state index contributed by atoms with van der Waals surface area (Å²) in [5.74, 6) is -0.477.